The second-order valence-corrected chi connectivity index (χ2v) is 4.67. The maximum atomic E-state index is 13.6. The third kappa shape index (κ3) is 3.67. The highest BCUT2D eigenvalue weighted by atomic mass is 19.1. The van der Waals surface area contributed by atoms with Crippen LogP contribution in [0.5, 0.6) is 5.75 Å². The van der Waals surface area contributed by atoms with E-state index in [-0.39, 0.29) is 11.3 Å². The molecule has 0 saturated carbocycles. The molecule has 0 bridgehead atoms. The summed E-state index contributed by atoms with van der Waals surface area (Å²) in [7, 11) is 0. The maximum Gasteiger partial charge on any atom is 0.339 e. The predicted octanol–water partition coefficient (Wildman–Crippen LogP) is 2.39. The molecule has 0 spiro atoms. The lowest BCUT2D eigenvalue weighted by atomic mass is 10.1. The van der Waals surface area contributed by atoms with Crippen molar-refractivity contribution in [3.63, 3.8) is 0 Å². The van der Waals surface area contributed by atoms with E-state index in [1.54, 1.807) is 0 Å². The number of halogens is 1. The van der Waals surface area contributed by atoms with Crippen LogP contribution in [0.3, 0.4) is 0 Å². The second-order valence-electron chi connectivity index (χ2n) is 4.67. The van der Waals surface area contributed by atoms with Crippen LogP contribution in [-0.4, -0.2) is 42.2 Å². The molecule has 0 atom stereocenters. The molecule has 19 heavy (non-hydrogen) atoms. The van der Waals surface area contributed by atoms with Crippen molar-refractivity contribution in [1.82, 2.24) is 4.90 Å². The molecule has 0 radical (unpaired) electrons. The Bertz CT molecular complexity index is 444. The first-order chi connectivity index (χ1) is 9.18. The fraction of sp³-hybridized carbons (Fsp3) is 0.500. The number of ether oxygens (including phenoxy) is 1. The molecule has 0 aromatic heterocycles. The molecule has 4 nitrogen and oxygen atoms in total. The third-order valence-corrected chi connectivity index (χ3v) is 3.30. The summed E-state index contributed by atoms with van der Waals surface area (Å²) >= 11 is 0. The van der Waals surface area contributed by atoms with Crippen molar-refractivity contribution in [1.29, 1.82) is 0 Å². The molecule has 1 aliphatic heterocycles. The van der Waals surface area contributed by atoms with E-state index in [1.165, 1.54) is 37.5 Å². The Kier molecular flexibility index (Phi) is 4.74. The highest BCUT2D eigenvalue weighted by Gasteiger charge is 2.16. The Labute approximate surface area is 111 Å². The molecule has 0 unspecified atom stereocenters. The van der Waals surface area contributed by atoms with Gasteiger partial charge in [-0.2, -0.15) is 0 Å². The lowest BCUT2D eigenvalue weighted by molar-refractivity contribution is 0.0690. The Morgan fingerprint density at radius 2 is 2.05 bits per heavy atom. The first kappa shape index (κ1) is 13.8. The SMILES string of the molecule is O=C(O)c1cccc(F)c1OCCN1CCCCC1. The van der Waals surface area contributed by atoms with Crippen LogP contribution in [0, 0.1) is 5.82 Å². The lowest BCUT2D eigenvalue weighted by Crippen LogP contribution is -2.33. The number of carboxylic acids is 1. The van der Waals surface area contributed by atoms with Gasteiger partial charge in [-0.25, -0.2) is 9.18 Å². The van der Waals surface area contributed by atoms with Gasteiger partial charge in [0.25, 0.3) is 0 Å². The molecule has 5 heteroatoms. The Morgan fingerprint density at radius 3 is 2.74 bits per heavy atom. The highest BCUT2D eigenvalue weighted by molar-refractivity contribution is 5.90. The minimum Gasteiger partial charge on any atom is -0.488 e. The van der Waals surface area contributed by atoms with Gasteiger partial charge in [0.05, 0.1) is 0 Å². The number of para-hydroxylation sites is 1. The van der Waals surface area contributed by atoms with Gasteiger partial charge in [0.2, 0.25) is 0 Å². The third-order valence-electron chi connectivity index (χ3n) is 3.30. The second kappa shape index (κ2) is 6.52. The molecule has 1 aromatic carbocycles. The van der Waals surface area contributed by atoms with E-state index in [9.17, 15) is 9.18 Å². The van der Waals surface area contributed by atoms with Gasteiger partial charge in [-0.05, 0) is 38.1 Å². The number of hydrogen-bond acceptors (Lipinski definition) is 3. The van der Waals surface area contributed by atoms with E-state index in [1.807, 2.05) is 0 Å². The summed E-state index contributed by atoms with van der Waals surface area (Å²) in [6.45, 7) is 3.08. The fourth-order valence-corrected chi connectivity index (χ4v) is 2.28. The van der Waals surface area contributed by atoms with Crippen molar-refractivity contribution < 1.29 is 19.0 Å². The van der Waals surface area contributed by atoms with E-state index in [0.29, 0.717) is 13.2 Å². The first-order valence-electron chi connectivity index (χ1n) is 6.55. The van der Waals surface area contributed by atoms with Crippen LogP contribution in [0.15, 0.2) is 18.2 Å². The average molecular weight is 267 g/mol. The Hall–Kier alpha value is -1.62. The van der Waals surface area contributed by atoms with E-state index in [2.05, 4.69) is 4.90 Å². The summed E-state index contributed by atoms with van der Waals surface area (Å²) in [5.74, 6) is -1.96. The van der Waals surface area contributed by atoms with Crippen molar-refractivity contribution in [2.45, 2.75) is 19.3 Å². The fourth-order valence-electron chi connectivity index (χ4n) is 2.28. The smallest absolute Gasteiger partial charge is 0.339 e. The number of nitrogens with zero attached hydrogens (tertiary/aromatic N) is 1. The summed E-state index contributed by atoms with van der Waals surface area (Å²) < 4.78 is 18.9. The van der Waals surface area contributed by atoms with Gasteiger partial charge >= 0.3 is 5.97 Å². The van der Waals surface area contributed by atoms with E-state index in [0.717, 1.165) is 13.1 Å². The topological polar surface area (TPSA) is 49.8 Å². The van der Waals surface area contributed by atoms with Crippen molar-refractivity contribution >= 4 is 5.97 Å². The molecular weight excluding hydrogens is 249 g/mol. The number of carboxylic acid groups (broad SMARTS) is 1. The van der Waals surface area contributed by atoms with Crippen molar-refractivity contribution in [3.05, 3.63) is 29.6 Å². The zero-order chi connectivity index (χ0) is 13.7. The van der Waals surface area contributed by atoms with Crippen LogP contribution >= 0.6 is 0 Å². The minimum absolute atomic E-state index is 0.126. The molecular formula is C14H18FNO3. The zero-order valence-corrected chi connectivity index (χ0v) is 10.8. The van der Waals surface area contributed by atoms with Crippen LogP contribution in [0.1, 0.15) is 29.6 Å². The lowest BCUT2D eigenvalue weighted by Gasteiger charge is -2.26. The summed E-state index contributed by atoms with van der Waals surface area (Å²) in [5, 5.41) is 8.98. The summed E-state index contributed by atoms with van der Waals surface area (Å²) in [6.07, 6.45) is 3.62. The van der Waals surface area contributed by atoms with E-state index < -0.39 is 11.8 Å². The molecule has 0 aliphatic carbocycles. The number of carbonyl (C=O) groups is 1. The van der Waals surface area contributed by atoms with Crippen LogP contribution < -0.4 is 4.74 Å². The number of aromatic carboxylic acids is 1. The van der Waals surface area contributed by atoms with Gasteiger partial charge in [0, 0.05) is 6.54 Å². The number of rotatable bonds is 5. The molecule has 1 heterocycles. The van der Waals surface area contributed by atoms with Gasteiger partial charge in [-0.1, -0.05) is 12.5 Å². The molecule has 2 rings (SSSR count). The summed E-state index contributed by atoms with van der Waals surface area (Å²) in [4.78, 5) is 13.2. The highest BCUT2D eigenvalue weighted by Crippen LogP contribution is 2.22. The van der Waals surface area contributed by atoms with Crippen LogP contribution in [-0.2, 0) is 0 Å². The monoisotopic (exact) mass is 267 g/mol. The minimum atomic E-state index is -1.17. The maximum absolute atomic E-state index is 13.6. The normalized spacial score (nSPS) is 16.3. The van der Waals surface area contributed by atoms with Crippen molar-refractivity contribution in [3.8, 4) is 5.75 Å². The number of piperidine rings is 1. The molecule has 0 amide bonds. The van der Waals surface area contributed by atoms with Gasteiger partial charge in [0.1, 0.15) is 12.2 Å². The van der Waals surface area contributed by atoms with E-state index in [4.69, 9.17) is 9.84 Å². The van der Waals surface area contributed by atoms with Crippen molar-refractivity contribution in [2.24, 2.45) is 0 Å². The van der Waals surface area contributed by atoms with Gasteiger partial charge in [0.15, 0.2) is 11.6 Å². The molecule has 1 aromatic rings. The Morgan fingerprint density at radius 1 is 1.32 bits per heavy atom. The zero-order valence-electron chi connectivity index (χ0n) is 10.8. The number of hydrogen-bond donors (Lipinski definition) is 1. The van der Waals surface area contributed by atoms with Gasteiger partial charge < -0.3 is 9.84 Å². The molecule has 104 valence electrons. The predicted molar refractivity (Wildman–Crippen MR) is 69.1 cm³/mol. The molecule has 1 saturated heterocycles. The summed E-state index contributed by atoms with van der Waals surface area (Å²) in [5.41, 5.74) is -0.126. The van der Waals surface area contributed by atoms with E-state index >= 15 is 0 Å². The standard InChI is InChI=1S/C14H18FNO3/c15-12-6-4-5-11(14(17)18)13(12)19-10-9-16-7-2-1-3-8-16/h4-6H,1-3,7-10H2,(H,17,18). The van der Waals surface area contributed by atoms with Crippen LogP contribution in [0.25, 0.3) is 0 Å². The van der Waals surface area contributed by atoms with Crippen LogP contribution in [0.4, 0.5) is 4.39 Å². The number of benzene rings is 1. The van der Waals surface area contributed by atoms with Gasteiger partial charge in [-0.15, -0.1) is 0 Å². The number of likely N-dealkylation sites (tertiary alicyclic amines) is 1. The van der Waals surface area contributed by atoms with Gasteiger partial charge in [-0.3, -0.25) is 4.90 Å². The molecule has 1 N–H and O–H groups in total. The average Bonchev–Trinajstić information content (AvgIpc) is 2.41. The van der Waals surface area contributed by atoms with Crippen molar-refractivity contribution in [2.75, 3.05) is 26.2 Å². The van der Waals surface area contributed by atoms with Crippen LogP contribution in [0.2, 0.25) is 0 Å². The first-order valence-corrected chi connectivity index (χ1v) is 6.55. The largest absolute Gasteiger partial charge is 0.488 e. The Balaban J connectivity index is 1.93. The summed E-state index contributed by atoms with van der Waals surface area (Å²) in [6, 6.07) is 3.93. The quantitative estimate of drug-likeness (QED) is 0.890. The molecule has 1 aliphatic rings. The molecule has 1 fully saturated rings.